The number of fused-ring (bicyclic) bond motifs is 1. The molecule has 1 saturated heterocycles. The summed E-state index contributed by atoms with van der Waals surface area (Å²) in [4.78, 5) is 37.3. The zero-order valence-electron chi connectivity index (χ0n) is 14.5. The summed E-state index contributed by atoms with van der Waals surface area (Å²) in [7, 11) is 1.49. The van der Waals surface area contributed by atoms with Gasteiger partial charge in [-0.15, -0.1) is 11.8 Å². The lowest BCUT2D eigenvalue weighted by molar-refractivity contribution is -0.169. The van der Waals surface area contributed by atoms with Gasteiger partial charge in [-0.25, -0.2) is 9.59 Å². The van der Waals surface area contributed by atoms with Crippen LogP contribution in [0.4, 0.5) is 4.79 Å². The van der Waals surface area contributed by atoms with Crippen molar-refractivity contribution in [1.82, 2.24) is 4.90 Å². The molecule has 1 amide bonds. The Kier molecular flexibility index (Phi) is 6.31. The second-order valence-electron chi connectivity index (χ2n) is 5.83. The largest absolute Gasteiger partial charge is 0.511 e. The van der Waals surface area contributed by atoms with E-state index in [1.54, 1.807) is 13.8 Å². The summed E-state index contributed by atoms with van der Waals surface area (Å²) in [6.45, 7) is 4.89. The van der Waals surface area contributed by atoms with E-state index in [1.165, 1.54) is 30.7 Å². The molecule has 0 aromatic heterocycles. The smallest absolute Gasteiger partial charge is 0.431 e. The normalized spacial score (nSPS) is 23.8. The molecule has 2 rings (SSSR count). The first-order valence-corrected chi connectivity index (χ1v) is 8.80. The molecule has 0 aromatic carbocycles. The van der Waals surface area contributed by atoms with E-state index >= 15 is 0 Å². The Labute approximate surface area is 149 Å². The van der Waals surface area contributed by atoms with Crippen molar-refractivity contribution in [1.29, 1.82) is 0 Å². The Bertz CT molecular complexity index is 592. The third kappa shape index (κ3) is 4.25. The molecule has 0 aromatic rings. The lowest BCUT2D eigenvalue weighted by Gasteiger charge is -2.48. The molecule has 10 heteroatoms. The van der Waals surface area contributed by atoms with Crippen LogP contribution in [0, 0.1) is 0 Å². The van der Waals surface area contributed by atoms with Crippen molar-refractivity contribution in [2.45, 2.75) is 44.6 Å². The Morgan fingerprint density at radius 2 is 1.96 bits per heavy atom. The second kappa shape index (κ2) is 8.07. The standard InChI is InChI=1S/C15H22N2O7S/c1-7(2)22-15(20)24-8(3)23-14(19)11-9(5-21-4)6-25-13-10(16)12(18)17(11)13/h7-8,10,13H,5-6,16H2,1-4H3. The summed E-state index contributed by atoms with van der Waals surface area (Å²) in [6.07, 6.45) is -2.48. The summed E-state index contributed by atoms with van der Waals surface area (Å²) in [5.74, 6) is -0.640. The van der Waals surface area contributed by atoms with Gasteiger partial charge >= 0.3 is 12.1 Å². The highest BCUT2D eigenvalue weighted by Crippen LogP contribution is 2.39. The lowest BCUT2D eigenvalue weighted by Crippen LogP contribution is -2.68. The van der Waals surface area contributed by atoms with Gasteiger partial charge in [-0.2, -0.15) is 0 Å². The van der Waals surface area contributed by atoms with Crippen LogP contribution in [-0.4, -0.2) is 66.2 Å². The van der Waals surface area contributed by atoms with Crippen molar-refractivity contribution in [2.75, 3.05) is 19.5 Å². The van der Waals surface area contributed by atoms with Crippen molar-refractivity contribution in [3.8, 4) is 0 Å². The first-order valence-electron chi connectivity index (χ1n) is 7.75. The van der Waals surface area contributed by atoms with Crippen LogP contribution < -0.4 is 5.73 Å². The molecule has 1 fully saturated rings. The molecular formula is C15H22N2O7S. The second-order valence-corrected chi connectivity index (χ2v) is 6.93. The molecule has 0 bridgehead atoms. The molecule has 0 saturated carbocycles. The topological polar surface area (TPSA) is 117 Å². The predicted octanol–water partition coefficient (Wildman–Crippen LogP) is 0.580. The van der Waals surface area contributed by atoms with Gasteiger partial charge < -0.3 is 24.7 Å². The number of nitrogens with zero attached hydrogens (tertiary/aromatic N) is 1. The molecule has 9 nitrogen and oxygen atoms in total. The average molecular weight is 374 g/mol. The number of β-lactam (4-membered cyclic amide) rings is 1. The van der Waals surface area contributed by atoms with Gasteiger partial charge in [-0.05, 0) is 19.4 Å². The van der Waals surface area contributed by atoms with E-state index < -0.39 is 24.5 Å². The zero-order chi connectivity index (χ0) is 18.7. The number of ether oxygens (including phenoxy) is 4. The highest BCUT2D eigenvalue weighted by Gasteiger charge is 2.52. The van der Waals surface area contributed by atoms with E-state index in [2.05, 4.69) is 0 Å². The molecule has 25 heavy (non-hydrogen) atoms. The van der Waals surface area contributed by atoms with Crippen molar-refractivity contribution >= 4 is 29.8 Å². The van der Waals surface area contributed by atoms with Gasteiger partial charge in [0.15, 0.2) is 0 Å². The van der Waals surface area contributed by atoms with E-state index in [-0.39, 0.29) is 29.7 Å². The van der Waals surface area contributed by atoms with E-state index in [4.69, 9.17) is 24.7 Å². The first kappa shape index (κ1) is 19.5. The molecule has 140 valence electrons. The molecule has 0 aliphatic carbocycles. The monoisotopic (exact) mass is 374 g/mol. The van der Waals surface area contributed by atoms with Crippen LogP contribution in [0.25, 0.3) is 0 Å². The summed E-state index contributed by atoms with van der Waals surface area (Å²) in [6, 6.07) is -0.647. The SMILES string of the molecule is COCC1=C(C(=O)OC(C)OC(=O)OC(C)C)N2C(=O)C(N)C2SC1. The maximum atomic E-state index is 12.5. The van der Waals surface area contributed by atoms with Crippen molar-refractivity contribution in [3.05, 3.63) is 11.3 Å². The molecule has 2 aliphatic heterocycles. The Hall–Kier alpha value is -1.78. The minimum Gasteiger partial charge on any atom is -0.431 e. The fraction of sp³-hybridized carbons (Fsp3) is 0.667. The fourth-order valence-electron chi connectivity index (χ4n) is 2.44. The van der Waals surface area contributed by atoms with Crippen LogP contribution >= 0.6 is 11.8 Å². The van der Waals surface area contributed by atoms with Crippen molar-refractivity contribution in [2.24, 2.45) is 5.73 Å². The molecule has 0 spiro atoms. The van der Waals surface area contributed by atoms with Gasteiger partial charge in [-0.1, -0.05) is 0 Å². The molecule has 2 heterocycles. The van der Waals surface area contributed by atoms with E-state index in [9.17, 15) is 14.4 Å². The molecule has 2 aliphatic rings. The first-order chi connectivity index (χ1) is 11.8. The van der Waals surface area contributed by atoms with E-state index in [0.717, 1.165) is 0 Å². The molecular weight excluding hydrogens is 352 g/mol. The number of rotatable bonds is 6. The molecule has 2 N–H and O–H groups in total. The van der Waals surface area contributed by atoms with Crippen LogP contribution in [0.2, 0.25) is 0 Å². The predicted molar refractivity (Wildman–Crippen MR) is 88.2 cm³/mol. The highest BCUT2D eigenvalue weighted by molar-refractivity contribution is 8.00. The van der Waals surface area contributed by atoms with Gasteiger partial charge in [0, 0.05) is 19.8 Å². The zero-order valence-corrected chi connectivity index (χ0v) is 15.3. The number of methoxy groups -OCH3 is 1. The number of carbonyl (C=O) groups is 3. The van der Waals surface area contributed by atoms with E-state index in [1.807, 2.05) is 0 Å². The van der Waals surface area contributed by atoms with Gasteiger partial charge in [0.1, 0.15) is 17.1 Å². The maximum Gasteiger partial charge on any atom is 0.511 e. The van der Waals surface area contributed by atoms with Crippen LogP contribution in [0.1, 0.15) is 20.8 Å². The summed E-state index contributed by atoms with van der Waals surface area (Å²) >= 11 is 1.46. The van der Waals surface area contributed by atoms with Gasteiger partial charge in [0.25, 0.3) is 0 Å². The third-order valence-electron chi connectivity index (χ3n) is 3.47. The summed E-state index contributed by atoms with van der Waals surface area (Å²) in [5.41, 5.74) is 6.49. The van der Waals surface area contributed by atoms with Crippen molar-refractivity contribution < 1.29 is 33.3 Å². The van der Waals surface area contributed by atoms with Crippen LogP contribution in [-0.2, 0) is 28.5 Å². The van der Waals surface area contributed by atoms with Crippen LogP contribution in [0.15, 0.2) is 11.3 Å². The number of nitrogens with two attached hydrogens (primary N) is 1. The van der Waals surface area contributed by atoms with Gasteiger partial charge in [0.2, 0.25) is 12.2 Å². The number of thioether (sulfide) groups is 1. The Morgan fingerprint density at radius 3 is 2.56 bits per heavy atom. The number of esters is 1. The van der Waals surface area contributed by atoms with E-state index in [0.29, 0.717) is 11.3 Å². The van der Waals surface area contributed by atoms with Crippen LogP contribution in [0.5, 0.6) is 0 Å². The highest BCUT2D eigenvalue weighted by atomic mass is 32.2. The molecule has 0 radical (unpaired) electrons. The molecule has 3 unspecified atom stereocenters. The van der Waals surface area contributed by atoms with Crippen LogP contribution in [0.3, 0.4) is 0 Å². The Morgan fingerprint density at radius 1 is 1.28 bits per heavy atom. The van der Waals surface area contributed by atoms with Gasteiger partial charge in [-0.3, -0.25) is 9.69 Å². The maximum absolute atomic E-state index is 12.5. The fourth-order valence-corrected chi connectivity index (χ4v) is 3.71. The van der Waals surface area contributed by atoms with Gasteiger partial charge in [0.05, 0.1) is 12.7 Å². The average Bonchev–Trinajstić information content (AvgIpc) is 2.52. The summed E-state index contributed by atoms with van der Waals surface area (Å²) in [5, 5.41) is -0.308. The molecule has 3 atom stereocenters. The summed E-state index contributed by atoms with van der Waals surface area (Å²) < 4.78 is 19.9. The quantitative estimate of drug-likeness (QED) is 0.404. The third-order valence-corrected chi connectivity index (χ3v) is 4.83. The minimum absolute atomic E-state index is 0.102. The van der Waals surface area contributed by atoms with Crippen molar-refractivity contribution in [3.63, 3.8) is 0 Å². The Balaban J connectivity index is 2.08. The minimum atomic E-state index is -1.17. The number of carbonyl (C=O) groups excluding carboxylic acids is 3. The number of hydrogen-bond acceptors (Lipinski definition) is 9. The lowest BCUT2D eigenvalue weighted by atomic mass is 10.0. The number of amides is 1. The number of hydrogen-bond donors (Lipinski definition) is 1.